The molecule has 22 heavy (non-hydrogen) atoms. The van der Waals surface area contributed by atoms with Gasteiger partial charge in [-0.2, -0.15) is 0 Å². The Morgan fingerprint density at radius 3 is 2.86 bits per heavy atom. The van der Waals surface area contributed by atoms with Gasteiger partial charge < -0.3 is 5.73 Å². The van der Waals surface area contributed by atoms with E-state index in [1.165, 1.54) is 12.1 Å². The fourth-order valence-electron chi connectivity index (χ4n) is 3.14. The van der Waals surface area contributed by atoms with Crippen molar-refractivity contribution in [2.45, 2.75) is 37.0 Å². The highest BCUT2D eigenvalue weighted by Crippen LogP contribution is 2.42. The van der Waals surface area contributed by atoms with Gasteiger partial charge in [0.25, 0.3) is 0 Å². The Balaban J connectivity index is 2.22. The van der Waals surface area contributed by atoms with Crippen molar-refractivity contribution in [3.63, 3.8) is 0 Å². The molecule has 0 radical (unpaired) electrons. The van der Waals surface area contributed by atoms with E-state index in [-0.39, 0.29) is 17.3 Å². The minimum atomic E-state index is -2.62. The topological polar surface area (TPSA) is 80.7 Å². The fourth-order valence-corrected chi connectivity index (χ4v) is 6.37. The van der Waals surface area contributed by atoms with Crippen LogP contribution in [0.4, 0.5) is 4.39 Å². The lowest BCUT2D eigenvalue weighted by atomic mass is 9.96. The Bertz CT molecular complexity index is 789. The summed E-state index contributed by atoms with van der Waals surface area (Å²) in [6, 6.07) is 2.84. The molecule has 0 saturated heterocycles. The number of pyridine rings is 1. The monoisotopic (exact) mass is 388 g/mol. The summed E-state index contributed by atoms with van der Waals surface area (Å²) in [5.41, 5.74) is 5.23. The van der Waals surface area contributed by atoms with Crippen LogP contribution in [-0.4, -0.2) is 32.1 Å². The number of nitrogens with two attached hydrogens (primary N) is 1. The zero-order valence-corrected chi connectivity index (χ0v) is 14.9. The van der Waals surface area contributed by atoms with E-state index in [2.05, 4.69) is 30.3 Å². The van der Waals surface area contributed by atoms with Crippen LogP contribution in [0.25, 0.3) is 0 Å². The average molecular weight is 389 g/mol. The predicted octanol–water partition coefficient (Wildman–Crippen LogP) is 2.59. The van der Waals surface area contributed by atoms with Crippen LogP contribution < -0.4 is 5.73 Å². The first-order chi connectivity index (χ1) is 10.2. The highest BCUT2D eigenvalue weighted by atomic mass is 79.9. The summed E-state index contributed by atoms with van der Waals surface area (Å²) in [6.45, 7) is 4.11. The third-order valence-electron chi connectivity index (χ3n) is 4.52. The van der Waals surface area contributed by atoms with Gasteiger partial charge in [0.2, 0.25) is 0 Å². The van der Waals surface area contributed by atoms with E-state index >= 15 is 0 Å². The quantitative estimate of drug-likeness (QED) is 0.750. The number of rotatable bonds is 1. The summed E-state index contributed by atoms with van der Waals surface area (Å²) in [5.74, 6) is -0.0575. The van der Waals surface area contributed by atoms with E-state index in [0.29, 0.717) is 17.6 Å². The molecule has 0 amide bonds. The lowest BCUT2D eigenvalue weighted by Crippen LogP contribution is -2.57. The number of aromatic nitrogens is 1. The summed E-state index contributed by atoms with van der Waals surface area (Å²) in [5, 5.41) is 0. The molecule has 0 aromatic carbocycles. The number of aliphatic imine (C=N–C) groups is 1. The fraction of sp³-hybridized carbons (Fsp3) is 0.571. The Morgan fingerprint density at radius 1 is 1.41 bits per heavy atom. The van der Waals surface area contributed by atoms with Crippen LogP contribution in [0.2, 0.25) is 0 Å². The van der Waals surface area contributed by atoms with Crippen molar-refractivity contribution in [2.75, 3.05) is 12.3 Å². The van der Waals surface area contributed by atoms with Gasteiger partial charge in [0.15, 0.2) is 0 Å². The van der Waals surface area contributed by atoms with Crippen molar-refractivity contribution in [1.29, 1.82) is 0 Å². The molecule has 0 unspecified atom stereocenters. The van der Waals surface area contributed by atoms with Crippen LogP contribution in [0.5, 0.6) is 0 Å². The van der Waals surface area contributed by atoms with Crippen molar-refractivity contribution in [3.8, 4) is 0 Å². The molecule has 2 aliphatic heterocycles. The maximum atomic E-state index is 14.3. The molecule has 2 aliphatic rings. The summed E-state index contributed by atoms with van der Waals surface area (Å²) in [7, 11) is -2.62. The summed E-state index contributed by atoms with van der Waals surface area (Å²) < 4.78 is 31.8. The molecule has 0 bridgehead atoms. The zero-order valence-electron chi connectivity index (χ0n) is 12.5. The summed E-state index contributed by atoms with van der Waals surface area (Å²) in [4.78, 5) is 8.73. The number of hydrogen-bond acceptors (Lipinski definition) is 5. The third kappa shape index (κ3) is 2.19. The SMILES string of the molecule is C[C@@]1(c2nc(Br)ccc2F)C[S@]2(=O)=NCCC[C@]2(C)C(N)=N1. The van der Waals surface area contributed by atoms with Crippen LogP contribution in [0.1, 0.15) is 32.4 Å². The average Bonchev–Trinajstić information content (AvgIpc) is 2.43. The van der Waals surface area contributed by atoms with Crippen molar-refractivity contribution < 1.29 is 8.60 Å². The second-order valence-corrected chi connectivity index (χ2v) is 9.75. The maximum Gasteiger partial charge on any atom is 0.147 e. The van der Waals surface area contributed by atoms with E-state index in [1.807, 2.05) is 6.92 Å². The zero-order chi connectivity index (χ0) is 16.2. The molecule has 0 aliphatic carbocycles. The number of fused-ring (bicyclic) bond motifs is 1. The molecule has 3 rings (SSSR count). The normalized spacial score (nSPS) is 37.9. The van der Waals surface area contributed by atoms with Crippen LogP contribution in [0.15, 0.2) is 26.1 Å². The van der Waals surface area contributed by atoms with Crippen LogP contribution in [-0.2, 0) is 15.3 Å². The minimum Gasteiger partial charge on any atom is -0.386 e. The maximum absolute atomic E-state index is 14.3. The number of hydrogen-bond donors (Lipinski definition) is 1. The Hall–Kier alpha value is -1.02. The van der Waals surface area contributed by atoms with Gasteiger partial charge in [0.05, 0.1) is 15.5 Å². The predicted molar refractivity (Wildman–Crippen MR) is 88.8 cm³/mol. The van der Waals surface area contributed by atoms with Gasteiger partial charge in [-0.1, -0.05) is 0 Å². The van der Waals surface area contributed by atoms with Crippen molar-refractivity contribution in [1.82, 2.24) is 4.98 Å². The van der Waals surface area contributed by atoms with Gasteiger partial charge in [0, 0.05) is 6.54 Å². The van der Waals surface area contributed by atoms with Gasteiger partial charge in [-0.05, 0) is 54.8 Å². The van der Waals surface area contributed by atoms with E-state index in [4.69, 9.17) is 5.73 Å². The summed E-state index contributed by atoms with van der Waals surface area (Å²) in [6.07, 6.45) is 1.53. The minimum absolute atomic E-state index is 0.136. The molecule has 0 saturated carbocycles. The lowest BCUT2D eigenvalue weighted by molar-refractivity contribution is 0.462. The second kappa shape index (κ2) is 4.99. The highest BCUT2D eigenvalue weighted by Gasteiger charge is 2.51. The van der Waals surface area contributed by atoms with E-state index in [9.17, 15) is 8.60 Å². The van der Waals surface area contributed by atoms with E-state index < -0.39 is 25.8 Å². The Morgan fingerprint density at radius 2 is 2.14 bits per heavy atom. The van der Waals surface area contributed by atoms with Gasteiger partial charge in [-0.15, -0.1) is 0 Å². The number of amidine groups is 1. The third-order valence-corrected chi connectivity index (χ3v) is 8.34. The van der Waals surface area contributed by atoms with Crippen LogP contribution in [0, 0.1) is 5.82 Å². The molecule has 5 nitrogen and oxygen atoms in total. The van der Waals surface area contributed by atoms with E-state index in [0.717, 1.165) is 6.42 Å². The lowest BCUT2D eigenvalue weighted by Gasteiger charge is -2.43. The smallest absolute Gasteiger partial charge is 0.147 e. The Labute approximate surface area is 137 Å². The Kier molecular flexibility index (Phi) is 3.60. The van der Waals surface area contributed by atoms with Crippen molar-refractivity contribution in [2.24, 2.45) is 15.1 Å². The van der Waals surface area contributed by atoms with Crippen LogP contribution in [0.3, 0.4) is 0 Å². The first-order valence-electron chi connectivity index (χ1n) is 7.09. The largest absolute Gasteiger partial charge is 0.386 e. The van der Waals surface area contributed by atoms with Gasteiger partial charge in [-0.3, -0.25) is 4.99 Å². The van der Waals surface area contributed by atoms with Crippen molar-refractivity contribution in [3.05, 3.63) is 28.2 Å². The van der Waals surface area contributed by atoms with Crippen LogP contribution >= 0.6 is 15.9 Å². The molecule has 0 spiro atoms. The molecular formula is C14H18BrFN4OS. The summed E-state index contributed by atoms with van der Waals surface area (Å²) >= 11 is 3.24. The molecular weight excluding hydrogens is 371 g/mol. The molecule has 2 N–H and O–H groups in total. The van der Waals surface area contributed by atoms with Gasteiger partial charge >= 0.3 is 0 Å². The number of nitrogens with zero attached hydrogens (tertiary/aromatic N) is 3. The standard InChI is InChI=1S/C14H18BrFN4OS/c1-13(11-9(16)4-5-10(15)19-11)8-22(21)14(2,12(17)20-13)6-3-7-18-22/h4-5H,3,6-8H2,1-2H3,(H2,17,20)/t13-,14+,22+/m0/s1. The molecule has 120 valence electrons. The second-order valence-electron chi connectivity index (χ2n) is 6.21. The van der Waals surface area contributed by atoms with Gasteiger partial charge in [-0.25, -0.2) is 17.9 Å². The molecule has 3 heterocycles. The molecule has 3 atom stereocenters. The molecule has 0 fully saturated rings. The van der Waals surface area contributed by atoms with E-state index in [1.54, 1.807) is 6.92 Å². The highest BCUT2D eigenvalue weighted by molar-refractivity contribution is 9.10. The molecule has 8 heteroatoms. The first-order valence-corrected chi connectivity index (χ1v) is 9.56. The van der Waals surface area contributed by atoms with Gasteiger partial charge in [0.1, 0.15) is 32.2 Å². The first kappa shape index (κ1) is 15.9. The van der Waals surface area contributed by atoms with Crippen molar-refractivity contribution >= 4 is 31.5 Å². The molecule has 1 aromatic heterocycles. The number of halogens is 2. The molecule has 1 aromatic rings.